The predicted molar refractivity (Wildman–Crippen MR) is 75.4 cm³/mol. The monoisotopic (exact) mass is 294 g/mol. The fraction of sp³-hybridized carbons (Fsp3) is 0.636. The van der Waals surface area contributed by atoms with Crippen LogP contribution in [0.1, 0.15) is 13.8 Å². The third kappa shape index (κ3) is 3.86. The van der Waals surface area contributed by atoms with E-state index in [1.165, 1.54) is 0 Å². The molecule has 2 atom stereocenters. The van der Waals surface area contributed by atoms with Gasteiger partial charge in [0.15, 0.2) is 0 Å². The van der Waals surface area contributed by atoms with Crippen LogP contribution in [-0.2, 0) is 11.3 Å². The Balaban J connectivity index is 0.00000144. The lowest BCUT2D eigenvalue weighted by Gasteiger charge is -2.38. The van der Waals surface area contributed by atoms with E-state index in [1.807, 2.05) is 17.2 Å². The van der Waals surface area contributed by atoms with Crippen LogP contribution in [0.25, 0.3) is 0 Å². The number of hydrogen-bond acceptors (Lipinski definition) is 3. The van der Waals surface area contributed by atoms with Crippen molar-refractivity contribution in [2.24, 2.45) is 0 Å². The molecule has 2 rings (SSSR count). The van der Waals surface area contributed by atoms with E-state index in [0.717, 1.165) is 13.1 Å². The molecular formula is C11H20Cl2N4O. The largest absolute Gasteiger partial charge is 0.336 e. The van der Waals surface area contributed by atoms with Gasteiger partial charge in [0, 0.05) is 37.6 Å². The van der Waals surface area contributed by atoms with Gasteiger partial charge in [-0.05, 0) is 19.9 Å². The summed E-state index contributed by atoms with van der Waals surface area (Å²) in [7, 11) is 0. The van der Waals surface area contributed by atoms with Gasteiger partial charge >= 0.3 is 0 Å². The lowest BCUT2D eigenvalue weighted by atomic mass is 10.1. The first-order chi connectivity index (χ1) is 7.68. The van der Waals surface area contributed by atoms with E-state index in [1.54, 1.807) is 10.9 Å². The van der Waals surface area contributed by atoms with Gasteiger partial charge in [0.1, 0.15) is 6.54 Å². The summed E-state index contributed by atoms with van der Waals surface area (Å²) in [5.74, 6) is 0.143. The normalized spacial score (nSPS) is 22.9. The second-order valence-corrected chi connectivity index (χ2v) is 4.27. The van der Waals surface area contributed by atoms with Crippen molar-refractivity contribution < 1.29 is 4.79 Å². The second-order valence-electron chi connectivity index (χ2n) is 4.27. The minimum atomic E-state index is 0. The summed E-state index contributed by atoms with van der Waals surface area (Å²) in [6.45, 7) is 6.18. The molecule has 2 unspecified atom stereocenters. The standard InChI is InChI=1S/C11H18N4O.2ClH/c1-9-10(2)15(7-5-12-9)11(16)8-14-6-3-4-13-14;;/h3-4,6,9-10,12H,5,7-8H2,1-2H3;2*1H. The lowest BCUT2D eigenvalue weighted by molar-refractivity contribution is -0.135. The van der Waals surface area contributed by atoms with E-state index in [2.05, 4.69) is 24.3 Å². The fourth-order valence-electron chi connectivity index (χ4n) is 2.03. The van der Waals surface area contributed by atoms with Crippen LogP contribution in [0.2, 0.25) is 0 Å². The van der Waals surface area contributed by atoms with Crippen LogP contribution >= 0.6 is 24.8 Å². The van der Waals surface area contributed by atoms with Gasteiger partial charge in [0.05, 0.1) is 0 Å². The molecule has 1 fully saturated rings. The van der Waals surface area contributed by atoms with Crippen molar-refractivity contribution in [3.63, 3.8) is 0 Å². The molecular weight excluding hydrogens is 275 g/mol. The molecule has 1 amide bonds. The Hall–Kier alpha value is -0.780. The number of nitrogens with zero attached hydrogens (tertiary/aromatic N) is 3. The molecule has 0 aromatic carbocycles. The SMILES string of the molecule is CC1NCCN(C(=O)Cn2cccn2)C1C.Cl.Cl. The van der Waals surface area contributed by atoms with Crippen LogP contribution in [0.4, 0.5) is 0 Å². The highest BCUT2D eigenvalue weighted by Gasteiger charge is 2.27. The number of carbonyl (C=O) groups excluding carboxylic acids is 1. The maximum absolute atomic E-state index is 12.1. The quantitative estimate of drug-likeness (QED) is 0.883. The highest BCUT2D eigenvalue weighted by atomic mass is 35.5. The van der Waals surface area contributed by atoms with Crippen LogP contribution in [-0.4, -0.2) is 45.8 Å². The van der Waals surface area contributed by atoms with E-state index in [0.29, 0.717) is 12.6 Å². The number of carbonyl (C=O) groups is 1. The van der Waals surface area contributed by atoms with E-state index < -0.39 is 0 Å². The van der Waals surface area contributed by atoms with Crippen molar-refractivity contribution in [3.8, 4) is 0 Å². The lowest BCUT2D eigenvalue weighted by Crippen LogP contribution is -2.57. The summed E-state index contributed by atoms with van der Waals surface area (Å²) >= 11 is 0. The van der Waals surface area contributed by atoms with Crippen molar-refractivity contribution in [3.05, 3.63) is 18.5 Å². The van der Waals surface area contributed by atoms with Crippen molar-refractivity contribution >= 4 is 30.7 Å². The molecule has 0 bridgehead atoms. The van der Waals surface area contributed by atoms with Crippen LogP contribution in [0.5, 0.6) is 0 Å². The van der Waals surface area contributed by atoms with E-state index >= 15 is 0 Å². The third-order valence-corrected chi connectivity index (χ3v) is 3.21. The molecule has 2 heterocycles. The molecule has 0 saturated carbocycles. The maximum Gasteiger partial charge on any atom is 0.244 e. The smallest absolute Gasteiger partial charge is 0.244 e. The van der Waals surface area contributed by atoms with E-state index in [-0.39, 0.29) is 36.8 Å². The minimum absolute atomic E-state index is 0. The van der Waals surface area contributed by atoms with Crippen molar-refractivity contribution in [2.45, 2.75) is 32.5 Å². The number of aromatic nitrogens is 2. The first-order valence-corrected chi connectivity index (χ1v) is 5.69. The molecule has 5 nitrogen and oxygen atoms in total. The Labute approximate surface area is 120 Å². The van der Waals surface area contributed by atoms with Crippen molar-refractivity contribution in [1.29, 1.82) is 0 Å². The van der Waals surface area contributed by atoms with Gasteiger partial charge in [-0.25, -0.2) is 0 Å². The van der Waals surface area contributed by atoms with Crippen LogP contribution in [0, 0.1) is 0 Å². The molecule has 18 heavy (non-hydrogen) atoms. The van der Waals surface area contributed by atoms with Crippen molar-refractivity contribution in [1.82, 2.24) is 20.0 Å². The molecule has 0 spiro atoms. The summed E-state index contributed by atoms with van der Waals surface area (Å²) < 4.78 is 1.67. The van der Waals surface area contributed by atoms with E-state index in [9.17, 15) is 4.79 Å². The number of nitrogens with one attached hydrogen (secondary N) is 1. The highest BCUT2D eigenvalue weighted by Crippen LogP contribution is 2.09. The predicted octanol–water partition coefficient (Wildman–Crippen LogP) is 0.935. The Kier molecular flexibility index (Phi) is 7.28. The Morgan fingerprint density at radius 3 is 2.78 bits per heavy atom. The summed E-state index contributed by atoms with van der Waals surface area (Å²) in [4.78, 5) is 14.0. The molecule has 1 saturated heterocycles. The Morgan fingerprint density at radius 2 is 2.17 bits per heavy atom. The van der Waals surface area contributed by atoms with Gasteiger partial charge < -0.3 is 10.2 Å². The van der Waals surface area contributed by atoms with Gasteiger partial charge in [-0.3, -0.25) is 9.48 Å². The summed E-state index contributed by atoms with van der Waals surface area (Å²) in [6.07, 6.45) is 3.51. The van der Waals surface area contributed by atoms with Gasteiger partial charge in [0.2, 0.25) is 5.91 Å². The van der Waals surface area contributed by atoms with Gasteiger partial charge in [0.25, 0.3) is 0 Å². The van der Waals surface area contributed by atoms with Gasteiger partial charge in [-0.15, -0.1) is 24.8 Å². The Bertz CT molecular complexity index is 358. The number of amides is 1. The summed E-state index contributed by atoms with van der Waals surface area (Å²) in [5, 5.41) is 7.41. The first-order valence-electron chi connectivity index (χ1n) is 5.69. The minimum Gasteiger partial charge on any atom is -0.336 e. The molecule has 1 aliphatic rings. The second kappa shape index (κ2) is 7.61. The molecule has 1 aromatic rings. The van der Waals surface area contributed by atoms with Crippen molar-refractivity contribution in [2.75, 3.05) is 13.1 Å². The average Bonchev–Trinajstić information content (AvgIpc) is 2.74. The maximum atomic E-state index is 12.1. The fourth-order valence-corrected chi connectivity index (χ4v) is 2.03. The van der Waals surface area contributed by atoms with Gasteiger partial charge in [-0.1, -0.05) is 0 Å². The summed E-state index contributed by atoms with van der Waals surface area (Å²) in [6, 6.07) is 2.43. The Morgan fingerprint density at radius 1 is 1.44 bits per heavy atom. The zero-order valence-corrected chi connectivity index (χ0v) is 12.2. The molecule has 0 aliphatic carbocycles. The number of rotatable bonds is 2. The number of piperazine rings is 1. The molecule has 1 aliphatic heterocycles. The van der Waals surface area contributed by atoms with Crippen LogP contribution in [0.15, 0.2) is 18.5 Å². The molecule has 0 radical (unpaired) electrons. The highest BCUT2D eigenvalue weighted by molar-refractivity contribution is 5.85. The van der Waals surface area contributed by atoms with Gasteiger partial charge in [-0.2, -0.15) is 5.10 Å². The topological polar surface area (TPSA) is 50.2 Å². The zero-order chi connectivity index (χ0) is 11.5. The number of hydrogen-bond donors (Lipinski definition) is 1. The first kappa shape index (κ1) is 17.2. The van der Waals surface area contributed by atoms with Crippen LogP contribution < -0.4 is 5.32 Å². The summed E-state index contributed by atoms with van der Waals surface area (Å²) in [5.41, 5.74) is 0. The molecule has 104 valence electrons. The zero-order valence-electron chi connectivity index (χ0n) is 10.6. The third-order valence-electron chi connectivity index (χ3n) is 3.21. The molecule has 1 aromatic heterocycles. The molecule has 1 N–H and O–H groups in total. The molecule has 7 heteroatoms. The average molecular weight is 295 g/mol. The number of halogens is 2. The van der Waals surface area contributed by atoms with E-state index in [4.69, 9.17) is 0 Å². The van der Waals surface area contributed by atoms with Crippen LogP contribution in [0.3, 0.4) is 0 Å².